The predicted octanol–water partition coefficient (Wildman–Crippen LogP) is 5.28. The number of aryl methyl sites for hydroxylation is 1. The molecule has 4 nitrogen and oxygen atoms in total. The lowest BCUT2D eigenvalue weighted by Gasteiger charge is -2.10. The third-order valence-electron chi connectivity index (χ3n) is 3.96. The molecule has 0 N–H and O–H groups in total. The number of benzene rings is 1. The van der Waals surface area contributed by atoms with Gasteiger partial charge in [-0.2, -0.15) is 17.9 Å². The van der Waals surface area contributed by atoms with Crippen molar-refractivity contribution in [2.45, 2.75) is 13.3 Å². The minimum atomic E-state index is -0.416. The van der Waals surface area contributed by atoms with Crippen LogP contribution in [0.25, 0.3) is 16.0 Å². The smallest absolute Gasteiger partial charge is 0.355 e. The lowest BCUT2D eigenvalue weighted by atomic mass is 10.00. The van der Waals surface area contributed by atoms with Gasteiger partial charge in [0.1, 0.15) is 11.8 Å². The fraction of sp³-hybridized carbons (Fsp3) is 0.238. The fourth-order valence-electron chi connectivity index (χ4n) is 2.84. The highest BCUT2D eigenvalue weighted by atomic mass is 32.2. The normalized spacial score (nSPS) is 12.5. The molecule has 0 atom stereocenters. The first-order valence-corrected chi connectivity index (χ1v) is 10.3. The molecule has 2 heterocycles. The van der Waals surface area contributed by atoms with Crippen LogP contribution in [0, 0.1) is 11.3 Å². The number of nitrogens with zero attached hydrogens (tertiary/aromatic N) is 2. The van der Waals surface area contributed by atoms with Crippen LogP contribution < -0.4 is 0 Å². The summed E-state index contributed by atoms with van der Waals surface area (Å²) in [6, 6.07) is 10.1. The van der Waals surface area contributed by atoms with Crippen LogP contribution in [-0.2, 0) is 11.8 Å². The topological polar surface area (TPSA) is 55.0 Å². The van der Waals surface area contributed by atoms with E-state index < -0.39 is 5.97 Å². The SMILES string of the molecule is CCOC(=O)c1c(-c2ccc(C3=CCC=CS3)cc2)c(C#N)cn1C.CS. The number of esters is 1. The van der Waals surface area contributed by atoms with E-state index in [-0.39, 0.29) is 0 Å². The molecule has 140 valence electrons. The molecule has 1 aliphatic heterocycles. The Bertz CT molecular complexity index is 903. The lowest BCUT2D eigenvalue weighted by Crippen LogP contribution is -2.10. The second-order valence-corrected chi connectivity index (χ2v) is 6.53. The number of hydrogen-bond donors (Lipinski definition) is 1. The molecule has 0 bridgehead atoms. The van der Waals surface area contributed by atoms with Crippen molar-refractivity contribution in [3.63, 3.8) is 0 Å². The molecule has 0 spiro atoms. The van der Waals surface area contributed by atoms with Crippen molar-refractivity contribution in [2.75, 3.05) is 12.9 Å². The van der Waals surface area contributed by atoms with Crippen molar-refractivity contribution in [1.29, 1.82) is 5.26 Å². The number of rotatable bonds is 4. The third kappa shape index (κ3) is 4.68. The van der Waals surface area contributed by atoms with E-state index in [4.69, 9.17) is 4.74 Å². The summed E-state index contributed by atoms with van der Waals surface area (Å²) in [6.07, 6.45) is 8.61. The highest BCUT2D eigenvalue weighted by Gasteiger charge is 2.22. The van der Waals surface area contributed by atoms with Crippen molar-refractivity contribution in [1.82, 2.24) is 4.57 Å². The van der Waals surface area contributed by atoms with Gasteiger partial charge in [-0.15, -0.1) is 0 Å². The van der Waals surface area contributed by atoms with Gasteiger partial charge in [-0.25, -0.2) is 4.79 Å². The number of aromatic nitrogens is 1. The maximum absolute atomic E-state index is 12.3. The second kappa shape index (κ2) is 10.1. The predicted molar refractivity (Wildman–Crippen MR) is 116 cm³/mol. The molecule has 3 rings (SSSR count). The van der Waals surface area contributed by atoms with E-state index >= 15 is 0 Å². The van der Waals surface area contributed by atoms with Gasteiger partial charge in [-0.3, -0.25) is 0 Å². The fourth-order valence-corrected chi connectivity index (χ4v) is 3.65. The van der Waals surface area contributed by atoms with Gasteiger partial charge in [0.15, 0.2) is 0 Å². The number of hydrogen-bond acceptors (Lipinski definition) is 5. The minimum Gasteiger partial charge on any atom is -0.461 e. The van der Waals surface area contributed by atoms with Crippen LogP contribution in [0.15, 0.2) is 48.0 Å². The summed E-state index contributed by atoms with van der Waals surface area (Å²) in [4.78, 5) is 13.5. The molecule has 27 heavy (non-hydrogen) atoms. The lowest BCUT2D eigenvalue weighted by molar-refractivity contribution is 0.0516. The van der Waals surface area contributed by atoms with E-state index in [1.165, 1.54) is 4.91 Å². The van der Waals surface area contributed by atoms with Gasteiger partial charge in [-0.05, 0) is 36.1 Å². The Kier molecular flexibility index (Phi) is 7.83. The van der Waals surface area contributed by atoms with Crippen molar-refractivity contribution in [2.24, 2.45) is 7.05 Å². The van der Waals surface area contributed by atoms with Gasteiger partial charge in [0.2, 0.25) is 0 Å². The highest BCUT2D eigenvalue weighted by Crippen LogP contribution is 2.35. The number of thiol groups is 1. The molecule has 1 aromatic heterocycles. The average molecular weight is 399 g/mol. The first-order valence-electron chi connectivity index (χ1n) is 8.49. The van der Waals surface area contributed by atoms with Gasteiger partial charge in [0, 0.05) is 23.7 Å². The van der Waals surface area contributed by atoms with Crippen LogP contribution in [0.4, 0.5) is 0 Å². The Balaban J connectivity index is 0.00000126. The summed E-state index contributed by atoms with van der Waals surface area (Å²) in [7, 11) is 1.75. The van der Waals surface area contributed by atoms with E-state index in [0.717, 1.165) is 17.5 Å². The molecule has 1 aromatic carbocycles. The Labute approximate surface area is 169 Å². The Morgan fingerprint density at radius 1 is 1.30 bits per heavy atom. The van der Waals surface area contributed by atoms with E-state index in [1.807, 2.05) is 24.3 Å². The van der Waals surface area contributed by atoms with E-state index in [1.54, 1.807) is 42.8 Å². The number of thioether (sulfide) groups is 1. The van der Waals surface area contributed by atoms with Crippen molar-refractivity contribution < 1.29 is 9.53 Å². The minimum absolute atomic E-state index is 0.295. The van der Waals surface area contributed by atoms with Gasteiger partial charge in [0.05, 0.1) is 12.2 Å². The van der Waals surface area contributed by atoms with Crippen LogP contribution >= 0.6 is 24.4 Å². The van der Waals surface area contributed by atoms with Gasteiger partial charge in [-0.1, -0.05) is 48.2 Å². The summed E-state index contributed by atoms with van der Waals surface area (Å²) in [5.41, 5.74) is 3.46. The average Bonchev–Trinajstić information content (AvgIpc) is 3.07. The largest absolute Gasteiger partial charge is 0.461 e. The number of ether oxygens (including phenoxy) is 1. The molecular weight excluding hydrogens is 376 g/mol. The molecular formula is C21H22N2O2S2. The molecule has 2 aromatic rings. The molecule has 6 heteroatoms. The van der Waals surface area contributed by atoms with Gasteiger partial charge in [0.25, 0.3) is 0 Å². The molecule has 0 radical (unpaired) electrons. The van der Waals surface area contributed by atoms with Crippen molar-refractivity contribution >= 4 is 35.3 Å². The third-order valence-corrected chi connectivity index (χ3v) is 4.94. The maximum atomic E-state index is 12.3. The summed E-state index contributed by atoms with van der Waals surface area (Å²) in [5, 5.41) is 11.5. The summed E-state index contributed by atoms with van der Waals surface area (Å²) in [6.45, 7) is 2.06. The van der Waals surface area contributed by atoms with Crippen LogP contribution in [0.2, 0.25) is 0 Å². The Morgan fingerprint density at radius 3 is 2.52 bits per heavy atom. The first-order chi connectivity index (χ1) is 13.2. The monoisotopic (exact) mass is 398 g/mol. The van der Waals surface area contributed by atoms with Gasteiger partial charge < -0.3 is 9.30 Å². The zero-order valence-electron chi connectivity index (χ0n) is 15.6. The quantitative estimate of drug-likeness (QED) is 0.562. The molecule has 0 unspecified atom stereocenters. The van der Waals surface area contributed by atoms with Gasteiger partial charge >= 0.3 is 5.97 Å². The zero-order valence-corrected chi connectivity index (χ0v) is 17.3. The van der Waals surface area contributed by atoms with Crippen LogP contribution in [0.5, 0.6) is 0 Å². The van der Waals surface area contributed by atoms with E-state index in [2.05, 4.69) is 36.3 Å². The number of carbonyl (C=O) groups is 1. The standard InChI is InChI=1S/C20H18N2O2S.CH4S/c1-3-24-20(23)19-18(16(12-21)13-22(19)2)15-9-7-14(8-10-15)17-6-4-5-11-25-17;1-2/h5-11,13H,3-4H2,1-2H3;2H,1H3. The maximum Gasteiger partial charge on any atom is 0.355 e. The Hall–Kier alpha value is -2.36. The van der Waals surface area contributed by atoms with Crippen LogP contribution in [-0.4, -0.2) is 23.4 Å². The van der Waals surface area contributed by atoms with E-state index in [9.17, 15) is 10.1 Å². The highest BCUT2D eigenvalue weighted by molar-refractivity contribution is 8.11. The molecule has 0 saturated carbocycles. The molecule has 0 saturated heterocycles. The van der Waals surface area contributed by atoms with Crippen molar-refractivity contribution in [3.05, 3.63) is 64.8 Å². The number of carbonyl (C=O) groups excluding carboxylic acids is 1. The molecule has 0 amide bonds. The second-order valence-electron chi connectivity index (χ2n) is 5.58. The summed E-state index contributed by atoms with van der Waals surface area (Å²) in [5.74, 6) is -0.416. The number of allylic oxidation sites excluding steroid dienone is 2. The summed E-state index contributed by atoms with van der Waals surface area (Å²) >= 11 is 5.22. The molecule has 1 aliphatic rings. The molecule has 0 aliphatic carbocycles. The number of nitriles is 1. The summed E-state index contributed by atoms with van der Waals surface area (Å²) < 4.78 is 6.82. The van der Waals surface area contributed by atoms with Crippen molar-refractivity contribution in [3.8, 4) is 17.2 Å². The van der Waals surface area contributed by atoms with Crippen LogP contribution in [0.3, 0.4) is 0 Å². The molecule has 0 fully saturated rings. The Morgan fingerprint density at radius 2 is 1.96 bits per heavy atom. The first kappa shape index (κ1) is 20.9. The van der Waals surface area contributed by atoms with Crippen LogP contribution in [0.1, 0.15) is 35.0 Å². The zero-order chi connectivity index (χ0) is 19.8. The van der Waals surface area contributed by atoms with E-state index in [0.29, 0.717) is 23.4 Å².